The van der Waals surface area contributed by atoms with Crippen molar-refractivity contribution in [3.63, 3.8) is 0 Å². The van der Waals surface area contributed by atoms with Crippen LogP contribution < -0.4 is 5.73 Å². The van der Waals surface area contributed by atoms with Crippen LogP contribution in [0.3, 0.4) is 0 Å². The SMILES string of the molecule is CCOC(=O)C1=C(N)OC2=C(C(=O)CC(C)(C)C2)[C@@H]1c1cccc(F)c1. The zero-order valence-corrected chi connectivity index (χ0v) is 15.1. The summed E-state index contributed by atoms with van der Waals surface area (Å²) >= 11 is 0. The van der Waals surface area contributed by atoms with Crippen molar-refractivity contribution in [2.45, 2.75) is 39.5 Å². The maximum absolute atomic E-state index is 13.8. The van der Waals surface area contributed by atoms with Crippen LogP contribution in [0.5, 0.6) is 0 Å². The Bertz CT molecular complexity index is 838. The Morgan fingerprint density at radius 3 is 2.77 bits per heavy atom. The number of Topliss-reactive ketones (excluding diaryl/α,β-unsaturated/α-hetero) is 1. The van der Waals surface area contributed by atoms with Gasteiger partial charge in [0.1, 0.15) is 17.1 Å². The molecule has 1 aromatic carbocycles. The fourth-order valence-corrected chi connectivity index (χ4v) is 3.61. The number of esters is 1. The second-order valence-corrected chi connectivity index (χ2v) is 7.37. The van der Waals surface area contributed by atoms with Crippen molar-refractivity contribution in [3.05, 3.63) is 58.4 Å². The highest BCUT2D eigenvalue weighted by atomic mass is 19.1. The van der Waals surface area contributed by atoms with Crippen LogP contribution in [-0.2, 0) is 19.1 Å². The van der Waals surface area contributed by atoms with Gasteiger partial charge in [-0.1, -0.05) is 26.0 Å². The maximum Gasteiger partial charge on any atom is 0.340 e. The molecule has 6 heteroatoms. The highest BCUT2D eigenvalue weighted by Gasteiger charge is 2.45. The number of halogens is 1. The summed E-state index contributed by atoms with van der Waals surface area (Å²) in [5.41, 5.74) is 6.65. The van der Waals surface area contributed by atoms with E-state index in [1.165, 1.54) is 18.2 Å². The average molecular weight is 359 g/mol. The lowest BCUT2D eigenvalue weighted by molar-refractivity contribution is -0.139. The average Bonchev–Trinajstić information content (AvgIpc) is 2.52. The molecule has 1 aliphatic heterocycles. The summed E-state index contributed by atoms with van der Waals surface area (Å²) in [7, 11) is 0. The molecule has 0 aromatic heterocycles. The number of nitrogens with two attached hydrogens (primary N) is 1. The number of benzene rings is 1. The molecule has 0 bridgehead atoms. The van der Waals surface area contributed by atoms with Crippen molar-refractivity contribution in [3.8, 4) is 0 Å². The predicted molar refractivity (Wildman–Crippen MR) is 93.1 cm³/mol. The summed E-state index contributed by atoms with van der Waals surface area (Å²) in [6.07, 6.45) is 0.827. The monoisotopic (exact) mass is 359 g/mol. The van der Waals surface area contributed by atoms with E-state index in [2.05, 4.69) is 0 Å². The molecule has 5 nitrogen and oxygen atoms in total. The second-order valence-electron chi connectivity index (χ2n) is 7.37. The van der Waals surface area contributed by atoms with Gasteiger partial charge in [0.15, 0.2) is 5.78 Å². The third-order valence-electron chi connectivity index (χ3n) is 4.63. The van der Waals surface area contributed by atoms with Crippen LogP contribution in [-0.4, -0.2) is 18.4 Å². The molecular weight excluding hydrogens is 337 g/mol. The molecule has 1 atom stereocenters. The quantitative estimate of drug-likeness (QED) is 0.838. The largest absolute Gasteiger partial charge is 0.462 e. The lowest BCUT2D eigenvalue weighted by atomic mass is 9.70. The van der Waals surface area contributed by atoms with Gasteiger partial charge in [0.2, 0.25) is 5.88 Å². The third-order valence-corrected chi connectivity index (χ3v) is 4.63. The van der Waals surface area contributed by atoms with Gasteiger partial charge in [-0.05, 0) is 30.0 Å². The van der Waals surface area contributed by atoms with E-state index in [9.17, 15) is 14.0 Å². The Morgan fingerprint density at radius 1 is 1.38 bits per heavy atom. The maximum atomic E-state index is 13.8. The molecule has 2 aliphatic rings. The number of ether oxygens (including phenoxy) is 2. The van der Waals surface area contributed by atoms with Crippen LogP contribution in [0, 0.1) is 11.2 Å². The van der Waals surface area contributed by atoms with Crippen molar-refractivity contribution >= 4 is 11.8 Å². The summed E-state index contributed by atoms with van der Waals surface area (Å²) in [6.45, 7) is 5.76. The number of carbonyl (C=O) groups is 2. The fraction of sp³-hybridized carbons (Fsp3) is 0.400. The number of ketones is 1. The van der Waals surface area contributed by atoms with Crippen molar-refractivity contribution in [2.75, 3.05) is 6.61 Å². The van der Waals surface area contributed by atoms with Gasteiger partial charge in [-0.3, -0.25) is 4.79 Å². The van der Waals surface area contributed by atoms with E-state index in [1.807, 2.05) is 13.8 Å². The minimum absolute atomic E-state index is 0.0456. The van der Waals surface area contributed by atoms with E-state index in [0.717, 1.165) is 0 Å². The topological polar surface area (TPSA) is 78.6 Å². The number of carbonyl (C=O) groups excluding carboxylic acids is 2. The van der Waals surface area contributed by atoms with Gasteiger partial charge in [0, 0.05) is 18.4 Å². The van der Waals surface area contributed by atoms with Gasteiger partial charge in [-0.2, -0.15) is 0 Å². The second kappa shape index (κ2) is 6.59. The van der Waals surface area contributed by atoms with Crippen molar-refractivity contribution < 1.29 is 23.5 Å². The predicted octanol–water partition coefficient (Wildman–Crippen LogP) is 3.32. The molecule has 0 fully saturated rings. The highest BCUT2D eigenvalue weighted by Crippen LogP contribution is 2.48. The standard InChI is InChI=1S/C20H22FNO4/c1-4-25-19(24)17-15(11-6-5-7-12(21)8-11)16-13(23)9-20(2,3)10-14(16)26-18(17)22/h5-8,15H,4,9-10,22H2,1-3H3/t15-/m0/s1. The fourth-order valence-electron chi connectivity index (χ4n) is 3.61. The molecule has 26 heavy (non-hydrogen) atoms. The molecule has 3 rings (SSSR count). The number of rotatable bonds is 3. The van der Waals surface area contributed by atoms with Gasteiger partial charge in [0.25, 0.3) is 0 Å². The zero-order chi connectivity index (χ0) is 19.1. The zero-order valence-electron chi connectivity index (χ0n) is 15.1. The van der Waals surface area contributed by atoms with Gasteiger partial charge in [-0.25, -0.2) is 9.18 Å². The Morgan fingerprint density at radius 2 is 2.12 bits per heavy atom. The van der Waals surface area contributed by atoms with Crippen LogP contribution in [0.1, 0.15) is 45.1 Å². The van der Waals surface area contributed by atoms with E-state index in [0.29, 0.717) is 29.7 Å². The van der Waals surface area contributed by atoms with Gasteiger partial charge >= 0.3 is 5.97 Å². The molecule has 0 saturated heterocycles. The first kappa shape index (κ1) is 18.2. The lowest BCUT2D eigenvalue weighted by Crippen LogP contribution is -2.35. The summed E-state index contributed by atoms with van der Waals surface area (Å²) in [5, 5.41) is 0. The lowest BCUT2D eigenvalue weighted by Gasteiger charge is -2.37. The van der Waals surface area contributed by atoms with Gasteiger partial charge in [-0.15, -0.1) is 0 Å². The number of allylic oxidation sites excluding steroid dienone is 2. The summed E-state index contributed by atoms with van der Waals surface area (Å²) < 4.78 is 24.6. The smallest absolute Gasteiger partial charge is 0.340 e. The minimum Gasteiger partial charge on any atom is -0.462 e. The van der Waals surface area contributed by atoms with E-state index in [4.69, 9.17) is 15.2 Å². The van der Waals surface area contributed by atoms with Crippen molar-refractivity contribution in [1.29, 1.82) is 0 Å². The normalized spacial score (nSPS) is 22.0. The van der Waals surface area contributed by atoms with E-state index < -0.39 is 17.7 Å². The molecule has 1 aliphatic carbocycles. The molecule has 1 heterocycles. The van der Waals surface area contributed by atoms with Gasteiger partial charge < -0.3 is 15.2 Å². The van der Waals surface area contributed by atoms with Crippen molar-refractivity contribution in [1.82, 2.24) is 0 Å². The van der Waals surface area contributed by atoms with Crippen molar-refractivity contribution in [2.24, 2.45) is 11.1 Å². The highest BCUT2D eigenvalue weighted by molar-refractivity contribution is 6.03. The first-order valence-corrected chi connectivity index (χ1v) is 8.60. The Kier molecular flexibility index (Phi) is 4.61. The van der Waals surface area contributed by atoms with Crippen LogP contribution in [0.15, 0.2) is 47.1 Å². The van der Waals surface area contributed by atoms with Crippen LogP contribution in [0.4, 0.5) is 4.39 Å². The summed E-state index contributed by atoms with van der Waals surface area (Å²) in [4.78, 5) is 25.4. The molecule has 1 aromatic rings. The summed E-state index contributed by atoms with van der Waals surface area (Å²) in [6, 6.07) is 5.82. The van der Waals surface area contributed by atoms with Crippen LogP contribution in [0.25, 0.3) is 0 Å². The Balaban J connectivity index is 2.18. The Labute approximate surface area is 151 Å². The molecule has 0 radical (unpaired) electrons. The molecule has 0 amide bonds. The molecule has 2 N–H and O–H groups in total. The first-order valence-electron chi connectivity index (χ1n) is 8.60. The van der Waals surface area contributed by atoms with Crippen LogP contribution in [0.2, 0.25) is 0 Å². The van der Waals surface area contributed by atoms with Gasteiger partial charge in [0.05, 0.1) is 12.5 Å². The molecule has 0 unspecified atom stereocenters. The molecular formula is C20H22FNO4. The molecule has 0 spiro atoms. The van der Waals surface area contributed by atoms with E-state index in [-0.39, 0.29) is 29.3 Å². The van der Waals surface area contributed by atoms with Crippen LogP contribution >= 0.6 is 0 Å². The summed E-state index contributed by atoms with van der Waals surface area (Å²) in [5.74, 6) is -1.69. The molecule has 138 valence electrons. The Hall–Kier alpha value is -2.63. The minimum atomic E-state index is -0.794. The molecule has 0 saturated carbocycles. The van der Waals surface area contributed by atoms with E-state index >= 15 is 0 Å². The third kappa shape index (κ3) is 3.23. The van der Waals surface area contributed by atoms with E-state index in [1.54, 1.807) is 13.0 Å². The first-order chi connectivity index (χ1) is 12.2. The number of hydrogen-bond acceptors (Lipinski definition) is 5. The number of hydrogen-bond donors (Lipinski definition) is 1.